The van der Waals surface area contributed by atoms with E-state index in [0.29, 0.717) is 5.47 Å². The fourth-order valence-corrected chi connectivity index (χ4v) is 2.15. The fourth-order valence-electron chi connectivity index (χ4n) is 1.77. The molecule has 0 atom stereocenters. The maximum absolute atomic E-state index is 9.15. The second-order valence-electron chi connectivity index (χ2n) is 3.32. The van der Waals surface area contributed by atoms with Crippen LogP contribution in [0.4, 0.5) is 0 Å². The molecule has 2 nitrogen and oxygen atoms in total. The van der Waals surface area contributed by atoms with E-state index in [1.165, 1.54) is 0 Å². The summed E-state index contributed by atoms with van der Waals surface area (Å²) in [7, 11) is -1.38. The Bertz CT molecular complexity index is 378. The minimum atomic E-state index is -1.38. The Labute approximate surface area is 91.7 Å². The maximum atomic E-state index is 9.15. The van der Waals surface area contributed by atoms with E-state index >= 15 is 0 Å². The molecule has 0 saturated carbocycles. The van der Waals surface area contributed by atoms with Crippen molar-refractivity contribution >= 4 is 7.12 Å². The number of rotatable bonds is 2. The third kappa shape index (κ3) is 1.66. The molecule has 2 rings (SSSR count). The van der Waals surface area contributed by atoms with Crippen LogP contribution in [0.25, 0.3) is 0 Å². The molecule has 0 unspecified atom stereocenters. The van der Waals surface area contributed by atoms with Crippen LogP contribution in [-0.4, -0.2) is 17.2 Å². The van der Waals surface area contributed by atoms with Gasteiger partial charge in [0.2, 0.25) is 0 Å². The topological polar surface area (TPSA) is 40.5 Å². The average Bonchev–Trinajstić information content (AvgIpc) is 2.70. The number of hydrogen-bond donors (Lipinski definition) is 2. The van der Waals surface area contributed by atoms with Gasteiger partial charge in [-0.3, -0.25) is 0 Å². The van der Waals surface area contributed by atoms with Gasteiger partial charge >= 0.3 is 91.4 Å². The van der Waals surface area contributed by atoms with Crippen molar-refractivity contribution in [3.63, 3.8) is 0 Å². The second kappa shape index (κ2) is 3.91. The summed E-state index contributed by atoms with van der Waals surface area (Å²) in [6, 6.07) is 0. The van der Waals surface area contributed by atoms with E-state index in [0.717, 1.165) is 28.5 Å². The van der Waals surface area contributed by atoms with Crippen LogP contribution in [0, 0.1) is 0 Å². The van der Waals surface area contributed by atoms with Crippen LogP contribution >= 0.6 is 0 Å². The molecule has 2 aliphatic carbocycles. The molecule has 0 amide bonds. The van der Waals surface area contributed by atoms with E-state index in [1.807, 2.05) is 18.2 Å². The Morgan fingerprint density at radius 3 is 2.43 bits per heavy atom. The van der Waals surface area contributed by atoms with Crippen LogP contribution in [0.2, 0.25) is 0 Å². The fraction of sp³-hybridized carbons (Fsp3) is 0.200. The predicted molar refractivity (Wildman–Crippen MR) is 51.8 cm³/mol. The van der Waals surface area contributed by atoms with Crippen LogP contribution in [0.15, 0.2) is 45.4 Å². The Balaban J connectivity index is 2.39. The first-order valence-electron chi connectivity index (χ1n) is 4.50. The zero-order valence-corrected chi connectivity index (χ0v) is 8.65. The number of allylic oxidation sites excluding steroid dienone is 8. The SMILES string of the molecule is OB(O)C1=C(C2=[C]([Fe])CC=C2)CC=C1. The molecule has 0 radical (unpaired) electrons. The van der Waals surface area contributed by atoms with E-state index in [4.69, 9.17) is 10.0 Å². The molecule has 0 aliphatic heterocycles. The molecule has 0 aromatic rings. The molecule has 0 spiro atoms. The standard InChI is InChI=1S/C10H10BO2.Fe/c12-11(13)10-7-3-6-9(10)8-4-1-2-5-8;/h1,3-4,7,12-13H,2,6H2;. The molecule has 0 aromatic carbocycles. The third-order valence-electron chi connectivity index (χ3n) is 2.43. The Hall–Kier alpha value is -0.536. The summed E-state index contributed by atoms with van der Waals surface area (Å²) in [6.07, 6.45) is 9.40. The average molecular weight is 229 g/mol. The number of hydrogen-bond acceptors (Lipinski definition) is 2. The van der Waals surface area contributed by atoms with Gasteiger partial charge in [-0.05, 0) is 0 Å². The molecule has 2 aliphatic rings. The van der Waals surface area contributed by atoms with Crippen molar-refractivity contribution in [2.45, 2.75) is 12.8 Å². The monoisotopic (exact) mass is 229 g/mol. The third-order valence-corrected chi connectivity index (χ3v) is 2.96. The van der Waals surface area contributed by atoms with Crippen molar-refractivity contribution in [2.75, 3.05) is 0 Å². The van der Waals surface area contributed by atoms with Gasteiger partial charge in [-0.2, -0.15) is 0 Å². The first-order valence-corrected chi connectivity index (χ1v) is 5.05. The molecular formula is C10H10BFeO2. The first kappa shape index (κ1) is 10.00. The first-order chi connectivity index (χ1) is 6.70. The van der Waals surface area contributed by atoms with Crippen LogP contribution in [0.5, 0.6) is 0 Å². The van der Waals surface area contributed by atoms with Crippen LogP contribution in [0.3, 0.4) is 0 Å². The minimum absolute atomic E-state index is 0.604. The molecular weight excluding hydrogens is 219 g/mol. The van der Waals surface area contributed by atoms with E-state index in [-0.39, 0.29) is 0 Å². The zero-order chi connectivity index (χ0) is 10.1. The summed E-state index contributed by atoms with van der Waals surface area (Å²) in [4.78, 5) is 0. The molecule has 0 fully saturated rings. The van der Waals surface area contributed by atoms with Crippen molar-refractivity contribution in [3.05, 3.63) is 45.4 Å². The molecule has 0 saturated heterocycles. The Morgan fingerprint density at radius 2 is 1.86 bits per heavy atom. The van der Waals surface area contributed by atoms with Gasteiger partial charge in [0.05, 0.1) is 0 Å². The quantitative estimate of drug-likeness (QED) is 0.693. The van der Waals surface area contributed by atoms with Gasteiger partial charge in [0.15, 0.2) is 0 Å². The van der Waals surface area contributed by atoms with Crippen LogP contribution in [0.1, 0.15) is 12.8 Å². The van der Waals surface area contributed by atoms with Gasteiger partial charge in [0, 0.05) is 0 Å². The zero-order valence-electron chi connectivity index (χ0n) is 7.55. The molecule has 73 valence electrons. The van der Waals surface area contributed by atoms with Crippen molar-refractivity contribution in [1.29, 1.82) is 0 Å². The summed E-state index contributed by atoms with van der Waals surface area (Å²) in [5, 5.41) is 18.3. The summed E-state index contributed by atoms with van der Waals surface area (Å²) < 4.78 is 1.06. The van der Waals surface area contributed by atoms with E-state index < -0.39 is 7.12 Å². The summed E-state index contributed by atoms with van der Waals surface area (Å²) in [5.74, 6) is 0. The molecule has 0 aromatic heterocycles. The summed E-state index contributed by atoms with van der Waals surface area (Å²) in [6.45, 7) is 0. The normalized spacial score (nSPS) is 20.2. The predicted octanol–water partition coefficient (Wildman–Crippen LogP) is 1.02. The van der Waals surface area contributed by atoms with Crippen LogP contribution in [-0.2, 0) is 16.0 Å². The van der Waals surface area contributed by atoms with Gasteiger partial charge in [-0.25, -0.2) is 0 Å². The van der Waals surface area contributed by atoms with Crippen molar-refractivity contribution < 1.29 is 26.1 Å². The summed E-state index contributed by atoms with van der Waals surface area (Å²) >= 11 is 3.95. The van der Waals surface area contributed by atoms with Gasteiger partial charge in [-0.15, -0.1) is 0 Å². The van der Waals surface area contributed by atoms with E-state index in [9.17, 15) is 0 Å². The Morgan fingerprint density at radius 1 is 1.14 bits per heavy atom. The van der Waals surface area contributed by atoms with Gasteiger partial charge in [-0.1, -0.05) is 0 Å². The van der Waals surface area contributed by atoms with Gasteiger partial charge in [0.1, 0.15) is 0 Å². The van der Waals surface area contributed by atoms with E-state index in [1.54, 1.807) is 6.08 Å². The second-order valence-corrected chi connectivity index (χ2v) is 3.99. The van der Waals surface area contributed by atoms with Gasteiger partial charge < -0.3 is 0 Å². The molecule has 4 heteroatoms. The molecule has 14 heavy (non-hydrogen) atoms. The van der Waals surface area contributed by atoms with Crippen molar-refractivity contribution in [3.8, 4) is 0 Å². The molecule has 2 N–H and O–H groups in total. The Kier molecular flexibility index (Phi) is 2.79. The summed E-state index contributed by atoms with van der Waals surface area (Å²) in [5.41, 5.74) is 2.67. The van der Waals surface area contributed by atoms with Crippen molar-refractivity contribution in [1.82, 2.24) is 0 Å². The van der Waals surface area contributed by atoms with Crippen molar-refractivity contribution in [2.24, 2.45) is 0 Å². The molecule has 0 heterocycles. The van der Waals surface area contributed by atoms with Crippen LogP contribution < -0.4 is 0 Å². The molecule has 0 bridgehead atoms. The van der Waals surface area contributed by atoms with E-state index in [2.05, 4.69) is 16.0 Å². The van der Waals surface area contributed by atoms with Gasteiger partial charge in [0.25, 0.3) is 0 Å².